The fourth-order valence-electron chi connectivity index (χ4n) is 1.36. The van der Waals surface area contributed by atoms with Crippen molar-refractivity contribution in [3.05, 3.63) is 29.8 Å². The maximum absolute atomic E-state index is 6.02. The molecule has 14 heavy (non-hydrogen) atoms. The Balaban J connectivity index is 2.75. The number of hydrogen-bond acceptors (Lipinski definition) is 2. The highest BCUT2D eigenvalue weighted by molar-refractivity contribution is 5.33. The number of para-hydroxylation sites is 1. The first-order valence-electron chi connectivity index (χ1n) is 5.02. The highest BCUT2D eigenvalue weighted by Crippen LogP contribution is 2.19. The molecule has 1 atom stereocenters. The molecule has 0 aliphatic rings. The van der Waals surface area contributed by atoms with Gasteiger partial charge in [-0.2, -0.15) is 0 Å². The van der Waals surface area contributed by atoms with Crippen molar-refractivity contribution < 1.29 is 4.74 Å². The van der Waals surface area contributed by atoms with Crippen LogP contribution in [0.1, 0.15) is 19.4 Å². The van der Waals surface area contributed by atoms with Crippen molar-refractivity contribution in [2.75, 3.05) is 7.11 Å². The minimum atomic E-state index is 0.200. The largest absolute Gasteiger partial charge is 0.496 e. The molecule has 0 bridgehead atoms. The zero-order chi connectivity index (χ0) is 10.6. The van der Waals surface area contributed by atoms with Crippen molar-refractivity contribution in [1.29, 1.82) is 0 Å². The van der Waals surface area contributed by atoms with E-state index in [1.807, 2.05) is 18.2 Å². The van der Waals surface area contributed by atoms with Gasteiger partial charge < -0.3 is 10.5 Å². The lowest BCUT2D eigenvalue weighted by molar-refractivity contribution is 0.403. The predicted octanol–water partition coefficient (Wildman–Crippen LogP) is 2.22. The monoisotopic (exact) mass is 193 g/mol. The van der Waals surface area contributed by atoms with E-state index in [1.165, 1.54) is 5.56 Å². The Kier molecular flexibility index (Phi) is 3.96. The normalized spacial score (nSPS) is 12.9. The molecular formula is C12H19NO. The van der Waals surface area contributed by atoms with Crippen LogP contribution in [0.25, 0.3) is 0 Å². The Bertz CT molecular complexity index is 283. The van der Waals surface area contributed by atoms with E-state index in [4.69, 9.17) is 10.5 Å². The quantitative estimate of drug-likeness (QED) is 0.795. The minimum absolute atomic E-state index is 0.200. The van der Waals surface area contributed by atoms with Gasteiger partial charge in [0, 0.05) is 6.04 Å². The fraction of sp³-hybridized carbons (Fsp3) is 0.500. The van der Waals surface area contributed by atoms with Gasteiger partial charge in [0.05, 0.1) is 7.11 Å². The van der Waals surface area contributed by atoms with Crippen molar-refractivity contribution >= 4 is 0 Å². The lowest BCUT2D eigenvalue weighted by Gasteiger charge is -2.17. The molecule has 2 N–H and O–H groups in total. The lowest BCUT2D eigenvalue weighted by atomic mass is 9.97. The van der Waals surface area contributed by atoms with Crippen LogP contribution in [-0.4, -0.2) is 13.2 Å². The van der Waals surface area contributed by atoms with Gasteiger partial charge in [0.2, 0.25) is 0 Å². The van der Waals surface area contributed by atoms with Crippen LogP contribution in [0.3, 0.4) is 0 Å². The second-order valence-corrected chi connectivity index (χ2v) is 3.92. The van der Waals surface area contributed by atoms with Crippen LogP contribution in [0.2, 0.25) is 0 Å². The summed E-state index contributed by atoms with van der Waals surface area (Å²) in [6.07, 6.45) is 0.877. The van der Waals surface area contributed by atoms with E-state index < -0.39 is 0 Å². The smallest absolute Gasteiger partial charge is 0.122 e. The molecule has 0 saturated heterocycles. The molecule has 0 aromatic heterocycles. The number of rotatable bonds is 4. The molecule has 2 heteroatoms. The molecule has 0 aliphatic heterocycles. The molecule has 0 amide bonds. The highest BCUT2D eigenvalue weighted by Gasteiger charge is 2.10. The van der Waals surface area contributed by atoms with E-state index >= 15 is 0 Å². The molecule has 0 radical (unpaired) electrons. The number of nitrogens with two attached hydrogens (primary N) is 1. The van der Waals surface area contributed by atoms with Gasteiger partial charge in [0.25, 0.3) is 0 Å². The summed E-state index contributed by atoms with van der Waals surface area (Å²) in [6.45, 7) is 4.28. The van der Waals surface area contributed by atoms with Gasteiger partial charge in [0.1, 0.15) is 5.75 Å². The summed E-state index contributed by atoms with van der Waals surface area (Å²) in [5, 5.41) is 0. The molecule has 1 aromatic rings. The van der Waals surface area contributed by atoms with Crippen LogP contribution in [0.4, 0.5) is 0 Å². The Morgan fingerprint density at radius 2 is 1.93 bits per heavy atom. The fourth-order valence-corrected chi connectivity index (χ4v) is 1.36. The average molecular weight is 193 g/mol. The number of methoxy groups -OCH3 is 1. The zero-order valence-electron chi connectivity index (χ0n) is 9.16. The summed E-state index contributed by atoms with van der Waals surface area (Å²) >= 11 is 0. The number of ether oxygens (including phenoxy) is 1. The Labute approximate surface area is 86.1 Å². The molecule has 1 rings (SSSR count). The first kappa shape index (κ1) is 11.1. The van der Waals surface area contributed by atoms with Crippen molar-refractivity contribution in [3.8, 4) is 5.75 Å². The Morgan fingerprint density at radius 1 is 1.29 bits per heavy atom. The molecular weight excluding hydrogens is 174 g/mol. The zero-order valence-corrected chi connectivity index (χ0v) is 9.16. The number of hydrogen-bond donors (Lipinski definition) is 1. The molecule has 0 heterocycles. The van der Waals surface area contributed by atoms with Crippen molar-refractivity contribution in [3.63, 3.8) is 0 Å². The van der Waals surface area contributed by atoms with Crippen molar-refractivity contribution in [1.82, 2.24) is 0 Å². The van der Waals surface area contributed by atoms with Crippen LogP contribution in [-0.2, 0) is 6.42 Å². The average Bonchev–Trinajstić information content (AvgIpc) is 2.18. The SMILES string of the molecule is COc1ccccc1C[C@@H](N)C(C)C. The second-order valence-electron chi connectivity index (χ2n) is 3.92. The van der Waals surface area contributed by atoms with Gasteiger partial charge in [-0.25, -0.2) is 0 Å². The van der Waals surface area contributed by atoms with Gasteiger partial charge in [-0.3, -0.25) is 0 Å². The van der Waals surface area contributed by atoms with Crippen LogP contribution in [0, 0.1) is 5.92 Å². The van der Waals surface area contributed by atoms with Crippen molar-refractivity contribution in [2.24, 2.45) is 11.7 Å². The summed E-state index contributed by atoms with van der Waals surface area (Å²) in [4.78, 5) is 0. The van der Waals surface area contributed by atoms with E-state index in [1.54, 1.807) is 7.11 Å². The molecule has 1 aromatic carbocycles. The van der Waals surface area contributed by atoms with E-state index in [-0.39, 0.29) is 6.04 Å². The summed E-state index contributed by atoms with van der Waals surface area (Å²) in [7, 11) is 1.69. The third-order valence-electron chi connectivity index (χ3n) is 2.50. The first-order chi connectivity index (χ1) is 6.65. The molecule has 78 valence electrons. The summed E-state index contributed by atoms with van der Waals surface area (Å²) in [5.74, 6) is 1.43. The summed E-state index contributed by atoms with van der Waals surface area (Å²) in [5.41, 5.74) is 7.21. The predicted molar refractivity (Wildman–Crippen MR) is 59.5 cm³/mol. The molecule has 0 saturated carbocycles. The summed E-state index contributed by atoms with van der Waals surface area (Å²) in [6, 6.07) is 8.24. The standard InChI is InChI=1S/C12H19NO/c1-9(2)11(13)8-10-6-4-5-7-12(10)14-3/h4-7,9,11H,8,13H2,1-3H3/t11-/m1/s1. The van der Waals surface area contributed by atoms with Gasteiger partial charge in [-0.15, -0.1) is 0 Å². The Morgan fingerprint density at radius 3 is 2.50 bits per heavy atom. The van der Waals surface area contributed by atoms with Crippen molar-refractivity contribution in [2.45, 2.75) is 26.3 Å². The van der Waals surface area contributed by atoms with Gasteiger partial charge in [-0.1, -0.05) is 32.0 Å². The van der Waals surface area contributed by atoms with Gasteiger partial charge in [-0.05, 0) is 24.0 Å². The van der Waals surface area contributed by atoms with Crippen LogP contribution in [0.15, 0.2) is 24.3 Å². The third-order valence-corrected chi connectivity index (χ3v) is 2.50. The van der Waals surface area contributed by atoms with E-state index in [2.05, 4.69) is 19.9 Å². The third kappa shape index (κ3) is 2.74. The number of benzene rings is 1. The highest BCUT2D eigenvalue weighted by atomic mass is 16.5. The molecule has 0 unspecified atom stereocenters. The molecule has 2 nitrogen and oxygen atoms in total. The van der Waals surface area contributed by atoms with E-state index in [0.29, 0.717) is 5.92 Å². The van der Waals surface area contributed by atoms with Crippen LogP contribution in [0.5, 0.6) is 5.75 Å². The maximum atomic E-state index is 6.02. The van der Waals surface area contributed by atoms with Crippen LogP contribution < -0.4 is 10.5 Å². The summed E-state index contributed by atoms with van der Waals surface area (Å²) < 4.78 is 5.27. The van der Waals surface area contributed by atoms with E-state index in [0.717, 1.165) is 12.2 Å². The maximum Gasteiger partial charge on any atom is 0.122 e. The Hall–Kier alpha value is -1.02. The van der Waals surface area contributed by atoms with Gasteiger partial charge in [0.15, 0.2) is 0 Å². The molecule has 0 fully saturated rings. The second kappa shape index (κ2) is 5.01. The minimum Gasteiger partial charge on any atom is -0.496 e. The molecule has 0 aliphatic carbocycles. The lowest BCUT2D eigenvalue weighted by Crippen LogP contribution is -2.28. The topological polar surface area (TPSA) is 35.2 Å². The van der Waals surface area contributed by atoms with Gasteiger partial charge >= 0.3 is 0 Å². The first-order valence-corrected chi connectivity index (χ1v) is 5.02. The van der Waals surface area contributed by atoms with Crippen LogP contribution >= 0.6 is 0 Å². The molecule has 0 spiro atoms. The van der Waals surface area contributed by atoms with E-state index in [9.17, 15) is 0 Å².